The molecule has 1 amide bonds. The van der Waals surface area contributed by atoms with E-state index in [1.54, 1.807) is 28.2 Å². The Bertz CT molecular complexity index is 1210. The van der Waals surface area contributed by atoms with Crippen LogP contribution in [0.2, 0.25) is 0 Å². The van der Waals surface area contributed by atoms with Crippen LogP contribution in [0.5, 0.6) is 5.75 Å². The second kappa shape index (κ2) is 10.9. The van der Waals surface area contributed by atoms with Gasteiger partial charge in [-0.15, -0.1) is 0 Å². The van der Waals surface area contributed by atoms with Crippen molar-refractivity contribution in [1.82, 2.24) is 19.7 Å². The average molecular weight is 502 g/mol. The number of rotatable bonds is 10. The number of carbonyl (C=O) groups excluding carboxylic acids is 1. The molecule has 10 nitrogen and oxygen atoms in total. The Kier molecular flexibility index (Phi) is 7.63. The van der Waals surface area contributed by atoms with Gasteiger partial charge in [0.25, 0.3) is 0 Å². The van der Waals surface area contributed by atoms with Crippen molar-refractivity contribution < 1.29 is 23.4 Å². The number of hydrogen-bond acceptors (Lipinski definition) is 8. The largest absolute Gasteiger partial charge is 0.491 e. The van der Waals surface area contributed by atoms with Gasteiger partial charge in [-0.3, -0.25) is 9.48 Å². The maximum Gasteiger partial charge on any atom is 0.249 e. The Morgan fingerprint density at radius 2 is 1.89 bits per heavy atom. The van der Waals surface area contributed by atoms with E-state index in [0.29, 0.717) is 49.1 Å². The maximum atomic E-state index is 14.0. The number of halogens is 2. The number of nitrogens with one attached hydrogen (secondary N) is 1. The van der Waals surface area contributed by atoms with E-state index < -0.39 is 23.4 Å². The van der Waals surface area contributed by atoms with E-state index in [-0.39, 0.29) is 19.1 Å². The number of fused-ring (bicyclic) bond motifs is 1. The molecule has 0 fully saturated rings. The number of carbonyl (C=O) groups is 1. The Balaban J connectivity index is 1.48. The molecule has 3 heterocycles. The van der Waals surface area contributed by atoms with Crippen molar-refractivity contribution in [3.05, 3.63) is 53.5 Å². The lowest BCUT2D eigenvalue weighted by atomic mass is 10.1. The molecule has 0 spiro atoms. The fraction of sp³-hybridized carbons (Fsp3) is 0.417. The highest BCUT2D eigenvalue weighted by molar-refractivity contribution is 6.04. The molecule has 36 heavy (non-hydrogen) atoms. The summed E-state index contributed by atoms with van der Waals surface area (Å²) in [4.78, 5) is 25.5. The summed E-state index contributed by atoms with van der Waals surface area (Å²) < 4.78 is 34.3. The van der Waals surface area contributed by atoms with Crippen molar-refractivity contribution in [2.75, 3.05) is 41.9 Å². The summed E-state index contributed by atoms with van der Waals surface area (Å²) in [7, 11) is 1.22. The molecular weight excluding hydrogens is 472 g/mol. The molecule has 2 aromatic heterocycles. The van der Waals surface area contributed by atoms with E-state index >= 15 is 0 Å². The highest BCUT2D eigenvalue weighted by Crippen LogP contribution is 2.35. The number of aliphatic hydroxyl groups is 1. The monoisotopic (exact) mass is 501 g/mol. The Morgan fingerprint density at radius 3 is 2.53 bits per heavy atom. The maximum absolute atomic E-state index is 14.0. The summed E-state index contributed by atoms with van der Waals surface area (Å²) >= 11 is 0. The minimum absolute atomic E-state index is 0.0748. The van der Waals surface area contributed by atoms with E-state index in [4.69, 9.17) is 4.74 Å². The van der Waals surface area contributed by atoms with Crippen LogP contribution in [0.4, 0.5) is 26.2 Å². The molecule has 3 aromatic rings. The SMILES string of the molecule is CCN1C(=O)[C@H](CCO)N(CC)c2nc(NCc3cnn(Cc4cc(F)c(OC)c(F)c4)c3)ncc21. The summed E-state index contributed by atoms with van der Waals surface area (Å²) in [6.45, 7) is 5.30. The average Bonchev–Trinajstić information content (AvgIpc) is 3.30. The number of hydrogen-bond donors (Lipinski definition) is 2. The van der Waals surface area contributed by atoms with Gasteiger partial charge in [0.1, 0.15) is 11.7 Å². The lowest BCUT2D eigenvalue weighted by Gasteiger charge is -2.41. The molecule has 0 bridgehead atoms. The number of likely N-dealkylation sites (N-methyl/N-ethyl adjacent to an activating group) is 2. The number of anilines is 3. The fourth-order valence-electron chi connectivity index (χ4n) is 4.38. The van der Waals surface area contributed by atoms with Crippen molar-refractivity contribution in [1.29, 1.82) is 0 Å². The quantitative estimate of drug-likeness (QED) is 0.437. The van der Waals surface area contributed by atoms with Crippen molar-refractivity contribution in [2.45, 2.75) is 39.4 Å². The Hall–Kier alpha value is -3.80. The molecule has 12 heteroatoms. The third kappa shape index (κ3) is 4.94. The molecule has 1 aliphatic heterocycles. The molecule has 0 saturated heterocycles. The first kappa shape index (κ1) is 25.3. The summed E-state index contributed by atoms with van der Waals surface area (Å²) in [5.74, 6) is -1.01. The first-order valence-corrected chi connectivity index (χ1v) is 11.7. The fourth-order valence-corrected chi connectivity index (χ4v) is 4.38. The van der Waals surface area contributed by atoms with E-state index in [1.807, 2.05) is 18.7 Å². The van der Waals surface area contributed by atoms with Gasteiger partial charge in [0.15, 0.2) is 23.2 Å². The molecule has 1 aromatic carbocycles. The van der Waals surface area contributed by atoms with Gasteiger partial charge in [0.05, 0.1) is 26.0 Å². The van der Waals surface area contributed by atoms with Crippen molar-refractivity contribution in [3.8, 4) is 5.75 Å². The van der Waals surface area contributed by atoms with E-state index in [2.05, 4.69) is 20.4 Å². The van der Waals surface area contributed by atoms with Crippen LogP contribution in [-0.4, -0.2) is 63.6 Å². The number of methoxy groups -OCH3 is 1. The van der Waals surface area contributed by atoms with Crippen molar-refractivity contribution in [3.63, 3.8) is 0 Å². The standard InChI is InChI=1S/C24H29F2N7O3/c1-4-32-19(6-7-34)23(35)33(5-2)20-12-28-24(30-22(20)32)27-10-16-11-29-31(14-16)13-15-8-17(25)21(36-3)18(26)9-15/h8-9,11-12,14,19,34H,4-7,10,13H2,1-3H3,(H,27,28,30)/t19-/m0/s1. The predicted molar refractivity (Wildman–Crippen MR) is 130 cm³/mol. The second-order valence-electron chi connectivity index (χ2n) is 8.29. The normalized spacial score (nSPS) is 15.3. The first-order valence-electron chi connectivity index (χ1n) is 11.7. The van der Waals surface area contributed by atoms with Gasteiger partial charge in [-0.25, -0.2) is 13.8 Å². The van der Waals surface area contributed by atoms with Crippen LogP contribution < -0.4 is 19.9 Å². The van der Waals surface area contributed by atoms with Crippen LogP contribution in [0.25, 0.3) is 0 Å². The van der Waals surface area contributed by atoms with Crippen LogP contribution in [-0.2, 0) is 17.9 Å². The van der Waals surface area contributed by atoms with Crippen LogP contribution in [0.15, 0.2) is 30.7 Å². The van der Waals surface area contributed by atoms with Crippen LogP contribution >= 0.6 is 0 Å². The molecule has 0 unspecified atom stereocenters. The lowest BCUT2D eigenvalue weighted by Crippen LogP contribution is -2.54. The minimum Gasteiger partial charge on any atom is -0.491 e. The van der Waals surface area contributed by atoms with Crippen molar-refractivity contribution in [2.24, 2.45) is 0 Å². The van der Waals surface area contributed by atoms with Gasteiger partial charge >= 0.3 is 0 Å². The van der Waals surface area contributed by atoms with Gasteiger partial charge < -0.3 is 25.0 Å². The summed E-state index contributed by atoms with van der Waals surface area (Å²) in [6, 6.07) is 1.95. The molecule has 2 N–H and O–H groups in total. The molecule has 1 atom stereocenters. The molecular formula is C24H29F2N7O3. The zero-order valence-electron chi connectivity index (χ0n) is 20.4. The molecule has 4 rings (SSSR count). The number of aliphatic hydroxyl groups excluding tert-OH is 1. The lowest BCUT2D eigenvalue weighted by molar-refractivity contribution is -0.120. The molecule has 0 aliphatic carbocycles. The van der Waals surface area contributed by atoms with Crippen molar-refractivity contribution >= 4 is 23.4 Å². The zero-order valence-corrected chi connectivity index (χ0v) is 20.4. The minimum atomic E-state index is -0.767. The highest BCUT2D eigenvalue weighted by Gasteiger charge is 2.38. The van der Waals surface area contributed by atoms with Crippen LogP contribution in [0, 0.1) is 11.6 Å². The van der Waals surface area contributed by atoms with Crippen LogP contribution in [0.3, 0.4) is 0 Å². The number of nitrogens with zero attached hydrogens (tertiary/aromatic N) is 6. The third-order valence-corrected chi connectivity index (χ3v) is 6.04. The topological polar surface area (TPSA) is 109 Å². The summed E-state index contributed by atoms with van der Waals surface area (Å²) in [6.07, 6.45) is 5.35. The Morgan fingerprint density at radius 1 is 1.14 bits per heavy atom. The van der Waals surface area contributed by atoms with E-state index in [0.717, 1.165) is 5.56 Å². The van der Waals surface area contributed by atoms with Gasteiger partial charge in [0.2, 0.25) is 11.9 Å². The predicted octanol–water partition coefficient (Wildman–Crippen LogP) is 2.56. The number of aromatic nitrogens is 4. The summed E-state index contributed by atoms with van der Waals surface area (Å²) in [5.41, 5.74) is 1.87. The van der Waals surface area contributed by atoms with E-state index in [1.165, 1.54) is 19.2 Å². The first-order chi connectivity index (χ1) is 17.4. The molecule has 1 aliphatic rings. The molecule has 0 radical (unpaired) electrons. The second-order valence-corrected chi connectivity index (χ2v) is 8.29. The highest BCUT2D eigenvalue weighted by atomic mass is 19.1. The smallest absolute Gasteiger partial charge is 0.249 e. The molecule has 0 saturated carbocycles. The number of amides is 1. The number of ether oxygens (including phenoxy) is 1. The Labute approximate surface area is 207 Å². The third-order valence-electron chi connectivity index (χ3n) is 6.04. The van der Waals surface area contributed by atoms with Gasteiger partial charge in [0, 0.05) is 38.0 Å². The number of benzene rings is 1. The van der Waals surface area contributed by atoms with Gasteiger partial charge in [-0.2, -0.15) is 10.1 Å². The molecule has 192 valence electrons. The summed E-state index contributed by atoms with van der Waals surface area (Å²) in [5, 5.41) is 16.9. The zero-order chi connectivity index (χ0) is 25.8. The van der Waals surface area contributed by atoms with Gasteiger partial charge in [-0.05, 0) is 38.0 Å². The van der Waals surface area contributed by atoms with Crippen LogP contribution in [0.1, 0.15) is 31.4 Å². The van der Waals surface area contributed by atoms with E-state index in [9.17, 15) is 18.7 Å². The van der Waals surface area contributed by atoms with Gasteiger partial charge in [-0.1, -0.05) is 0 Å².